The Labute approximate surface area is 143 Å². The molecule has 0 atom stereocenters. The van der Waals surface area contributed by atoms with Gasteiger partial charge in [-0.2, -0.15) is 0 Å². The van der Waals surface area contributed by atoms with Crippen molar-refractivity contribution >= 4 is 5.91 Å². The van der Waals surface area contributed by atoms with Gasteiger partial charge in [-0.15, -0.1) is 0 Å². The number of phenolic OH excluding ortho intramolecular Hbond substituents is 1. The van der Waals surface area contributed by atoms with Crippen LogP contribution in [0.15, 0.2) is 18.2 Å². The first kappa shape index (κ1) is 17.0. The molecule has 6 heteroatoms. The van der Waals surface area contributed by atoms with Crippen LogP contribution in [-0.2, 0) is 0 Å². The number of piperazine rings is 1. The quantitative estimate of drug-likeness (QED) is 0.883. The lowest BCUT2D eigenvalue weighted by molar-refractivity contribution is -0.0157. The number of hydrogen-bond donors (Lipinski definition) is 1. The van der Waals surface area contributed by atoms with E-state index in [4.69, 9.17) is 4.74 Å². The Balaban J connectivity index is 1.68. The Morgan fingerprint density at radius 2 is 1.88 bits per heavy atom. The molecular formula is C18H27N3O3. The second kappa shape index (κ2) is 6.61. The van der Waals surface area contributed by atoms with Crippen molar-refractivity contribution in [3.05, 3.63) is 23.8 Å². The summed E-state index contributed by atoms with van der Waals surface area (Å²) in [5, 5.41) is 9.89. The summed E-state index contributed by atoms with van der Waals surface area (Å²) in [5.74, 6) is 0.371. The number of amides is 1. The van der Waals surface area contributed by atoms with Gasteiger partial charge in [0.1, 0.15) is 0 Å². The molecule has 1 amide bonds. The number of ether oxygens (including phenoxy) is 1. The molecule has 2 heterocycles. The fourth-order valence-corrected chi connectivity index (χ4v) is 3.93. The molecule has 2 saturated heterocycles. The zero-order chi connectivity index (χ0) is 17.3. The fraction of sp³-hybridized carbons (Fsp3) is 0.611. The van der Waals surface area contributed by atoms with Gasteiger partial charge in [0, 0.05) is 43.8 Å². The molecule has 3 rings (SSSR count). The van der Waals surface area contributed by atoms with Gasteiger partial charge < -0.3 is 19.6 Å². The number of methoxy groups -OCH3 is 1. The maximum Gasteiger partial charge on any atom is 0.253 e. The highest BCUT2D eigenvalue weighted by molar-refractivity contribution is 5.95. The molecule has 0 radical (unpaired) electrons. The van der Waals surface area contributed by atoms with Gasteiger partial charge in [0.05, 0.1) is 7.11 Å². The van der Waals surface area contributed by atoms with Gasteiger partial charge in [0.2, 0.25) is 0 Å². The van der Waals surface area contributed by atoms with Gasteiger partial charge in [-0.25, -0.2) is 0 Å². The van der Waals surface area contributed by atoms with Crippen LogP contribution in [0.4, 0.5) is 0 Å². The number of piperidine rings is 1. The van der Waals surface area contributed by atoms with Crippen molar-refractivity contribution in [2.24, 2.45) is 0 Å². The zero-order valence-electron chi connectivity index (χ0n) is 14.8. The zero-order valence-corrected chi connectivity index (χ0v) is 14.8. The molecule has 24 heavy (non-hydrogen) atoms. The predicted octanol–water partition coefficient (Wildman–Crippen LogP) is 1.25. The maximum atomic E-state index is 12.7. The number of hydrogen-bond acceptors (Lipinski definition) is 5. The number of likely N-dealkylation sites (N-methyl/N-ethyl adjacent to an activating group) is 2. The van der Waals surface area contributed by atoms with Crippen molar-refractivity contribution in [2.45, 2.75) is 18.4 Å². The topological polar surface area (TPSA) is 56.2 Å². The summed E-state index contributed by atoms with van der Waals surface area (Å²) in [4.78, 5) is 19.5. The third kappa shape index (κ3) is 3.08. The van der Waals surface area contributed by atoms with Crippen LogP contribution in [-0.4, -0.2) is 85.2 Å². The summed E-state index contributed by atoms with van der Waals surface area (Å²) in [6.45, 7) is 4.76. The molecule has 1 aromatic carbocycles. The van der Waals surface area contributed by atoms with E-state index in [1.165, 1.54) is 13.2 Å². The summed E-state index contributed by atoms with van der Waals surface area (Å²) >= 11 is 0. The predicted molar refractivity (Wildman–Crippen MR) is 92.7 cm³/mol. The molecule has 1 spiro atoms. The number of rotatable bonds is 2. The molecule has 0 aromatic heterocycles. The average Bonchev–Trinajstić information content (AvgIpc) is 2.58. The Hall–Kier alpha value is -1.79. The van der Waals surface area contributed by atoms with Crippen molar-refractivity contribution in [1.29, 1.82) is 0 Å². The van der Waals surface area contributed by atoms with E-state index in [1.807, 2.05) is 4.90 Å². The number of nitrogens with zero attached hydrogens (tertiary/aromatic N) is 3. The van der Waals surface area contributed by atoms with Crippen molar-refractivity contribution in [2.75, 3.05) is 53.9 Å². The van der Waals surface area contributed by atoms with Gasteiger partial charge in [-0.1, -0.05) is 0 Å². The molecule has 1 aromatic rings. The van der Waals surface area contributed by atoms with Crippen molar-refractivity contribution in [3.8, 4) is 11.5 Å². The number of aromatic hydroxyl groups is 1. The minimum absolute atomic E-state index is 0.00506. The molecule has 6 nitrogen and oxygen atoms in total. The summed E-state index contributed by atoms with van der Waals surface area (Å²) in [5.41, 5.74) is 0.699. The highest BCUT2D eigenvalue weighted by atomic mass is 16.5. The lowest BCUT2D eigenvalue weighted by atomic mass is 9.83. The van der Waals surface area contributed by atoms with Crippen molar-refractivity contribution in [1.82, 2.24) is 14.7 Å². The van der Waals surface area contributed by atoms with Crippen LogP contribution in [0.3, 0.4) is 0 Å². The van der Waals surface area contributed by atoms with Crippen LogP contribution < -0.4 is 4.74 Å². The monoisotopic (exact) mass is 333 g/mol. The molecule has 0 unspecified atom stereocenters. The van der Waals surface area contributed by atoms with Crippen LogP contribution in [0.5, 0.6) is 11.5 Å². The smallest absolute Gasteiger partial charge is 0.253 e. The van der Waals surface area contributed by atoms with Crippen LogP contribution in [0.1, 0.15) is 23.2 Å². The number of benzene rings is 1. The summed E-state index contributed by atoms with van der Waals surface area (Å²) in [6, 6.07) is 4.84. The highest BCUT2D eigenvalue weighted by Gasteiger charge is 2.42. The maximum absolute atomic E-state index is 12.7. The van der Waals surface area contributed by atoms with Crippen LogP contribution >= 0.6 is 0 Å². The lowest BCUT2D eigenvalue weighted by Gasteiger charge is -2.52. The normalized spacial score (nSPS) is 21.9. The number of phenols is 1. The number of likely N-dealkylation sites (tertiary alicyclic amines) is 1. The third-order valence-electron chi connectivity index (χ3n) is 5.60. The van der Waals surface area contributed by atoms with E-state index in [9.17, 15) is 9.90 Å². The summed E-state index contributed by atoms with van der Waals surface area (Å²) in [7, 11) is 5.87. The molecule has 132 valence electrons. The van der Waals surface area contributed by atoms with Gasteiger partial charge in [0.15, 0.2) is 11.5 Å². The summed E-state index contributed by atoms with van der Waals surface area (Å²) in [6.07, 6.45) is 1.98. The lowest BCUT2D eigenvalue weighted by Crippen LogP contribution is -2.64. The van der Waals surface area contributed by atoms with Crippen LogP contribution in [0, 0.1) is 0 Å². The first-order valence-electron chi connectivity index (χ1n) is 8.51. The van der Waals surface area contributed by atoms with Gasteiger partial charge >= 0.3 is 0 Å². The van der Waals surface area contributed by atoms with E-state index in [0.717, 1.165) is 45.6 Å². The molecule has 0 aliphatic carbocycles. The van der Waals surface area contributed by atoms with Crippen molar-refractivity contribution in [3.63, 3.8) is 0 Å². The Morgan fingerprint density at radius 3 is 2.50 bits per heavy atom. The first-order chi connectivity index (χ1) is 11.4. The van der Waals surface area contributed by atoms with E-state index in [2.05, 4.69) is 23.9 Å². The Bertz CT molecular complexity index is 612. The van der Waals surface area contributed by atoms with Gasteiger partial charge in [-0.05, 0) is 45.1 Å². The minimum Gasteiger partial charge on any atom is -0.504 e. The van der Waals surface area contributed by atoms with Crippen LogP contribution in [0.2, 0.25) is 0 Å². The Kier molecular flexibility index (Phi) is 4.69. The van der Waals surface area contributed by atoms with Gasteiger partial charge in [0.25, 0.3) is 5.91 Å². The third-order valence-corrected chi connectivity index (χ3v) is 5.60. The molecule has 0 saturated carbocycles. The number of carbonyl (C=O) groups excluding carboxylic acids is 1. The van der Waals surface area contributed by atoms with E-state index in [1.54, 1.807) is 12.1 Å². The van der Waals surface area contributed by atoms with Gasteiger partial charge in [-0.3, -0.25) is 9.69 Å². The van der Waals surface area contributed by atoms with Crippen LogP contribution in [0.25, 0.3) is 0 Å². The molecule has 2 fully saturated rings. The SMILES string of the molecule is COc1ccc(C(=O)N2CCC3(CC2)CN(C)CCN3C)cc1O. The second-order valence-corrected chi connectivity index (χ2v) is 7.06. The molecule has 2 aliphatic heterocycles. The minimum atomic E-state index is -0.0189. The molecule has 1 N–H and O–H groups in total. The average molecular weight is 333 g/mol. The standard InChI is InChI=1S/C18H27N3O3/c1-19-10-11-20(2)18(13-19)6-8-21(9-7-18)17(23)14-4-5-16(24-3)15(22)12-14/h4-5,12,22H,6-11,13H2,1-3H3. The molecule has 0 bridgehead atoms. The molecular weight excluding hydrogens is 306 g/mol. The van der Waals surface area contributed by atoms with E-state index in [-0.39, 0.29) is 17.2 Å². The highest BCUT2D eigenvalue weighted by Crippen LogP contribution is 2.32. The fourth-order valence-electron chi connectivity index (χ4n) is 3.93. The van der Waals surface area contributed by atoms with Crippen molar-refractivity contribution < 1.29 is 14.6 Å². The Morgan fingerprint density at radius 1 is 1.17 bits per heavy atom. The van der Waals surface area contributed by atoms with E-state index in [0.29, 0.717) is 11.3 Å². The summed E-state index contributed by atoms with van der Waals surface area (Å²) < 4.78 is 5.04. The van der Waals surface area contributed by atoms with E-state index >= 15 is 0 Å². The second-order valence-electron chi connectivity index (χ2n) is 7.06. The van der Waals surface area contributed by atoms with E-state index < -0.39 is 0 Å². The largest absolute Gasteiger partial charge is 0.504 e. The first-order valence-corrected chi connectivity index (χ1v) is 8.51. The molecule has 2 aliphatic rings. The number of carbonyl (C=O) groups is 1.